The minimum absolute atomic E-state index is 0. The first-order valence-corrected chi connectivity index (χ1v) is 8.21. The number of carbonyl (C=O) groups is 1. The summed E-state index contributed by atoms with van der Waals surface area (Å²) in [7, 11) is 0. The predicted octanol–water partition coefficient (Wildman–Crippen LogP) is 2.76. The van der Waals surface area contributed by atoms with Gasteiger partial charge >= 0.3 is 6.18 Å². The van der Waals surface area contributed by atoms with E-state index in [1.165, 1.54) is 18.2 Å². The van der Waals surface area contributed by atoms with E-state index in [1.807, 2.05) is 0 Å². The van der Waals surface area contributed by atoms with Gasteiger partial charge in [0.15, 0.2) is 0 Å². The first kappa shape index (κ1) is 22.5. The van der Waals surface area contributed by atoms with Crippen LogP contribution >= 0.6 is 12.4 Å². The highest BCUT2D eigenvalue weighted by atomic mass is 35.5. The van der Waals surface area contributed by atoms with Crippen molar-refractivity contribution in [2.24, 2.45) is 11.7 Å². The van der Waals surface area contributed by atoms with Gasteiger partial charge < -0.3 is 20.5 Å². The number of nitrogens with two attached hydrogens (primary N) is 1. The third-order valence-electron chi connectivity index (χ3n) is 4.15. The van der Waals surface area contributed by atoms with Crippen molar-refractivity contribution in [2.75, 3.05) is 19.8 Å². The molecule has 3 N–H and O–H groups in total. The van der Waals surface area contributed by atoms with E-state index in [1.54, 1.807) is 6.92 Å². The molecular weight excluding hydrogens is 373 g/mol. The maximum Gasteiger partial charge on any atom is 0.419 e. The number of hydrogen-bond acceptors (Lipinski definition) is 4. The summed E-state index contributed by atoms with van der Waals surface area (Å²) in [6, 6.07) is 3.85. The van der Waals surface area contributed by atoms with Gasteiger partial charge in [-0.05, 0) is 37.8 Å². The van der Waals surface area contributed by atoms with Gasteiger partial charge in [-0.3, -0.25) is 4.79 Å². The smallest absolute Gasteiger partial charge is 0.419 e. The average Bonchev–Trinajstić information content (AvgIpc) is 2.59. The molecule has 2 unspecified atom stereocenters. The van der Waals surface area contributed by atoms with Crippen LogP contribution in [0.15, 0.2) is 24.3 Å². The molecule has 0 aromatic heterocycles. The Morgan fingerprint density at radius 1 is 1.35 bits per heavy atom. The number of benzene rings is 1. The Kier molecular flexibility index (Phi) is 8.66. The summed E-state index contributed by atoms with van der Waals surface area (Å²) in [5.74, 6) is -0.537. The number of ether oxygens (including phenoxy) is 2. The largest absolute Gasteiger partial charge is 0.491 e. The minimum Gasteiger partial charge on any atom is -0.491 e. The van der Waals surface area contributed by atoms with Gasteiger partial charge in [0.2, 0.25) is 5.91 Å². The first-order chi connectivity index (χ1) is 11.8. The van der Waals surface area contributed by atoms with Gasteiger partial charge in [-0.15, -0.1) is 12.4 Å². The van der Waals surface area contributed by atoms with Gasteiger partial charge in [0.25, 0.3) is 0 Å². The zero-order chi connectivity index (χ0) is 18.4. The van der Waals surface area contributed by atoms with Crippen LogP contribution in [0.3, 0.4) is 0 Å². The highest BCUT2D eigenvalue weighted by Gasteiger charge is 2.34. The lowest BCUT2D eigenvalue weighted by atomic mass is 9.92. The monoisotopic (exact) mass is 396 g/mol. The van der Waals surface area contributed by atoms with Gasteiger partial charge in [0.1, 0.15) is 12.4 Å². The summed E-state index contributed by atoms with van der Waals surface area (Å²) >= 11 is 0. The van der Waals surface area contributed by atoms with Gasteiger partial charge in [-0.1, -0.05) is 12.1 Å². The van der Waals surface area contributed by atoms with Crippen molar-refractivity contribution in [3.05, 3.63) is 29.8 Å². The Labute approximate surface area is 156 Å². The van der Waals surface area contributed by atoms with Crippen LogP contribution in [0.25, 0.3) is 0 Å². The molecule has 2 rings (SSSR count). The fraction of sp³-hybridized carbons (Fsp3) is 0.588. The van der Waals surface area contributed by atoms with Crippen molar-refractivity contribution in [1.29, 1.82) is 0 Å². The second-order valence-electron chi connectivity index (χ2n) is 6.19. The Bertz CT molecular complexity index is 581. The second kappa shape index (κ2) is 9.99. The molecule has 0 bridgehead atoms. The summed E-state index contributed by atoms with van der Waals surface area (Å²) < 4.78 is 49.2. The van der Waals surface area contributed by atoms with E-state index in [2.05, 4.69) is 5.32 Å². The molecule has 1 aromatic rings. The lowest BCUT2D eigenvalue weighted by Crippen LogP contribution is -2.50. The molecule has 1 aromatic carbocycles. The van der Waals surface area contributed by atoms with E-state index in [-0.39, 0.29) is 36.6 Å². The van der Waals surface area contributed by atoms with E-state index >= 15 is 0 Å². The summed E-state index contributed by atoms with van der Waals surface area (Å²) in [5.41, 5.74) is 5.13. The Hall–Kier alpha value is -1.51. The van der Waals surface area contributed by atoms with Crippen LogP contribution in [0.4, 0.5) is 13.2 Å². The van der Waals surface area contributed by atoms with Crippen LogP contribution in [-0.2, 0) is 15.7 Å². The van der Waals surface area contributed by atoms with E-state index in [0.717, 1.165) is 18.9 Å². The second-order valence-corrected chi connectivity index (χ2v) is 6.19. The van der Waals surface area contributed by atoms with Crippen molar-refractivity contribution in [2.45, 2.75) is 38.0 Å². The first-order valence-electron chi connectivity index (χ1n) is 8.21. The Morgan fingerprint density at radius 2 is 1.96 bits per heavy atom. The average molecular weight is 397 g/mol. The standard InChI is InChI=1S/C17H23F3N2O3.ClH/c1-11(22-16(23)15(21)12-6-8-24-9-7-12)10-25-14-5-3-2-4-13(14)17(18,19)20;/h2-5,11-12,15H,6-10,21H2,1H3,(H,22,23);1H. The molecule has 1 aliphatic heterocycles. The normalized spacial score (nSPS) is 17.7. The molecule has 1 heterocycles. The highest BCUT2D eigenvalue weighted by molar-refractivity contribution is 5.85. The molecule has 0 radical (unpaired) electrons. The molecule has 2 atom stereocenters. The topological polar surface area (TPSA) is 73.6 Å². The van der Waals surface area contributed by atoms with Crippen LogP contribution in [-0.4, -0.2) is 37.8 Å². The van der Waals surface area contributed by atoms with Crippen LogP contribution < -0.4 is 15.8 Å². The summed E-state index contributed by atoms with van der Waals surface area (Å²) in [5, 5.41) is 2.69. The SMILES string of the molecule is CC(COc1ccccc1C(F)(F)F)NC(=O)C(N)C1CCOCC1.Cl. The number of hydrogen-bond donors (Lipinski definition) is 2. The molecule has 1 aliphatic rings. The molecule has 0 aliphatic carbocycles. The fourth-order valence-corrected chi connectivity index (χ4v) is 2.71. The lowest BCUT2D eigenvalue weighted by molar-refractivity contribution is -0.139. The van der Waals surface area contributed by atoms with Crippen LogP contribution in [0.2, 0.25) is 0 Å². The van der Waals surface area contributed by atoms with Crippen LogP contribution in [0, 0.1) is 5.92 Å². The van der Waals surface area contributed by atoms with Gasteiger partial charge in [0, 0.05) is 13.2 Å². The highest BCUT2D eigenvalue weighted by Crippen LogP contribution is 2.35. The van der Waals surface area contributed by atoms with Crippen molar-refractivity contribution in [1.82, 2.24) is 5.32 Å². The van der Waals surface area contributed by atoms with Crippen LogP contribution in [0.5, 0.6) is 5.75 Å². The summed E-state index contributed by atoms with van der Waals surface area (Å²) in [6.45, 7) is 2.74. The third-order valence-corrected chi connectivity index (χ3v) is 4.15. The number of alkyl halides is 3. The number of rotatable bonds is 6. The molecular formula is C17H24ClF3N2O3. The van der Waals surface area contributed by atoms with Gasteiger partial charge in [0.05, 0.1) is 17.6 Å². The number of halogens is 4. The van der Waals surface area contributed by atoms with Crippen LogP contribution in [0.1, 0.15) is 25.3 Å². The molecule has 148 valence electrons. The molecule has 5 nitrogen and oxygen atoms in total. The maximum absolute atomic E-state index is 12.9. The van der Waals surface area contributed by atoms with E-state index in [4.69, 9.17) is 15.2 Å². The molecule has 9 heteroatoms. The maximum atomic E-state index is 12.9. The molecule has 0 spiro atoms. The molecule has 1 saturated heterocycles. The quantitative estimate of drug-likeness (QED) is 0.775. The molecule has 26 heavy (non-hydrogen) atoms. The zero-order valence-electron chi connectivity index (χ0n) is 14.4. The zero-order valence-corrected chi connectivity index (χ0v) is 15.2. The van der Waals surface area contributed by atoms with Gasteiger partial charge in [-0.2, -0.15) is 13.2 Å². The predicted molar refractivity (Wildman–Crippen MR) is 93.3 cm³/mol. The van der Waals surface area contributed by atoms with E-state index in [0.29, 0.717) is 13.2 Å². The van der Waals surface area contributed by atoms with Crippen molar-refractivity contribution < 1.29 is 27.4 Å². The van der Waals surface area contributed by atoms with Crippen molar-refractivity contribution in [3.8, 4) is 5.75 Å². The third kappa shape index (κ3) is 6.34. The van der Waals surface area contributed by atoms with Crippen molar-refractivity contribution >= 4 is 18.3 Å². The Balaban J connectivity index is 0.00000338. The minimum atomic E-state index is -4.49. The lowest BCUT2D eigenvalue weighted by Gasteiger charge is -2.27. The fourth-order valence-electron chi connectivity index (χ4n) is 2.71. The molecule has 1 fully saturated rings. The number of amides is 1. The number of para-hydroxylation sites is 1. The van der Waals surface area contributed by atoms with E-state index in [9.17, 15) is 18.0 Å². The summed E-state index contributed by atoms with van der Waals surface area (Å²) in [4.78, 5) is 12.2. The summed E-state index contributed by atoms with van der Waals surface area (Å²) in [6.07, 6.45) is -3.05. The number of nitrogens with one attached hydrogen (secondary N) is 1. The molecule has 0 saturated carbocycles. The Morgan fingerprint density at radius 3 is 2.58 bits per heavy atom. The molecule has 1 amide bonds. The number of carbonyl (C=O) groups excluding carboxylic acids is 1. The van der Waals surface area contributed by atoms with Crippen molar-refractivity contribution in [3.63, 3.8) is 0 Å². The van der Waals surface area contributed by atoms with Gasteiger partial charge in [-0.25, -0.2) is 0 Å². The van der Waals surface area contributed by atoms with E-state index < -0.39 is 23.8 Å².